The minimum Gasteiger partial charge on any atom is -0.309 e. The SMILES string of the molecule is c1ccc2cc3c(cc2c1)c1cc2c4ccccc4n4c5ccccc5c(c1n3-c1ccc(-c3nc5ccccc5nc3-n3c5ccccc5c5c6ccccc6ccc53)cc1)c24. The molecule has 290 valence electrons. The molecular formula is C58H33N5. The number of hydrogen-bond donors (Lipinski definition) is 0. The van der Waals surface area contributed by atoms with Gasteiger partial charge in [0.1, 0.15) is 5.69 Å². The minimum absolute atomic E-state index is 0.811. The number of nitrogens with zero attached hydrogens (tertiary/aromatic N) is 5. The summed E-state index contributed by atoms with van der Waals surface area (Å²) in [5.74, 6) is 0.811. The van der Waals surface area contributed by atoms with Crippen molar-refractivity contribution in [1.29, 1.82) is 0 Å². The van der Waals surface area contributed by atoms with E-state index in [1.807, 2.05) is 12.1 Å². The molecule has 63 heavy (non-hydrogen) atoms. The Balaban J connectivity index is 1.03. The molecule has 5 heterocycles. The highest BCUT2D eigenvalue weighted by atomic mass is 15.1. The van der Waals surface area contributed by atoms with Crippen LogP contribution in [0.1, 0.15) is 0 Å². The van der Waals surface area contributed by atoms with Gasteiger partial charge in [-0.3, -0.25) is 4.57 Å². The molecule has 0 amide bonds. The Hall–Kier alpha value is -8.54. The van der Waals surface area contributed by atoms with Crippen LogP contribution in [0.2, 0.25) is 0 Å². The van der Waals surface area contributed by atoms with Crippen molar-refractivity contribution in [3.8, 4) is 22.8 Å². The van der Waals surface area contributed by atoms with Crippen molar-refractivity contribution in [3.63, 3.8) is 0 Å². The van der Waals surface area contributed by atoms with Crippen LogP contribution in [0.3, 0.4) is 0 Å². The fourth-order valence-electron chi connectivity index (χ4n) is 11.0. The Kier molecular flexibility index (Phi) is 6.36. The van der Waals surface area contributed by atoms with E-state index in [1.165, 1.54) is 92.2 Å². The lowest BCUT2D eigenvalue weighted by atomic mass is 10.0. The van der Waals surface area contributed by atoms with Crippen LogP contribution in [0.25, 0.3) is 137 Å². The Morgan fingerprint density at radius 1 is 0.317 bits per heavy atom. The maximum atomic E-state index is 5.45. The number of rotatable bonds is 3. The second kappa shape index (κ2) is 12.1. The Bertz CT molecular complexity index is 4430. The standard InChI is InChI=1S/C58H33N5/c1-2-15-37-32-52-43(31-36(37)14-1)45-33-44-40-17-5-10-22-48(40)62-49-23-11-7-19-42(49)54(57(44)62)56(45)61(52)38-28-25-35(26-29-38)55-58(60-47-21-9-8-20-46(47)59-55)63-50-24-12-6-18-41(50)53-39-16-4-3-13-34(39)27-30-51(53)63/h1-33H. The van der Waals surface area contributed by atoms with E-state index in [-0.39, 0.29) is 0 Å². The minimum atomic E-state index is 0.811. The van der Waals surface area contributed by atoms with Crippen molar-refractivity contribution in [3.05, 3.63) is 200 Å². The smallest absolute Gasteiger partial charge is 0.165 e. The zero-order valence-corrected chi connectivity index (χ0v) is 33.8. The maximum absolute atomic E-state index is 5.45. The third-order valence-electron chi connectivity index (χ3n) is 13.7. The van der Waals surface area contributed by atoms with E-state index < -0.39 is 0 Å². The third kappa shape index (κ3) is 4.35. The molecule has 0 saturated carbocycles. The Morgan fingerprint density at radius 2 is 0.905 bits per heavy atom. The Morgan fingerprint density at radius 3 is 1.68 bits per heavy atom. The van der Waals surface area contributed by atoms with E-state index in [4.69, 9.17) is 9.97 Å². The van der Waals surface area contributed by atoms with E-state index in [9.17, 15) is 0 Å². The van der Waals surface area contributed by atoms with Gasteiger partial charge in [-0.25, -0.2) is 9.97 Å². The van der Waals surface area contributed by atoms with Crippen LogP contribution in [0.4, 0.5) is 0 Å². The van der Waals surface area contributed by atoms with E-state index in [2.05, 4.69) is 202 Å². The van der Waals surface area contributed by atoms with Crippen molar-refractivity contribution >= 4 is 114 Å². The number of hydrogen-bond acceptors (Lipinski definition) is 2. The van der Waals surface area contributed by atoms with Crippen LogP contribution in [-0.4, -0.2) is 23.5 Å². The molecule has 0 aliphatic carbocycles. The van der Waals surface area contributed by atoms with Gasteiger partial charge in [0, 0.05) is 54.3 Å². The monoisotopic (exact) mass is 799 g/mol. The van der Waals surface area contributed by atoms with Crippen LogP contribution in [-0.2, 0) is 0 Å². The molecule has 0 aliphatic rings. The molecular weight excluding hydrogens is 767 g/mol. The van der Waals surface area contributed by atoms with Gasteiger partial charge in [-0.1, -0.05) is 133 Å². The largest absolute Gasteiger partial charge is 0.309 e. The molecule has 0 fully saturated rings. The summed E-state index contributed by atoms with van der Waals surface area (Å²) in [5, 5.41) is 14.9. The highest BCUT2D eigenvalue weighted by Crippen LogP contribution is 2.47. The first kappa shape index (κ1) is 33.2. The van der Waals surface area contributed by atoms with Crippen LogP contribution in [0.5, 0.6) is 0 Å². The normalized spacial score (nSPS) is 12.4. The lowest BCUT2D eigenvalue weighted by Gasteiger charge is -2.15. The summed E-state index contributed by atoms with van der Waals surface area (Å²) in [7, 11) is 0. The summed E-state index contributed by atoms with van der Waals surface area (Å²) in [4.78, 5) is 10.9. The molecule has 15 aromatic rings. The summed E-state index contributed by atoms with van der Waals surface area (Å²) in [6.07, 6.45) is 0. The molecule has 5 heteroatoms. The van der Waals surface area contributed by atoms with Crippen molar-refractivity contribution in [2.45, 2.75) is 0 Å². The lowest BCUT2D eigenvalue weighted by molar-refractivity contribution is 1.08. The summed E-state index contributed by atoms with van der Waals surface area (Å²) in [6.45, 7) is 0. The zero-order valence-electron chi connectivity index (χ0n) is 33.8. The predicted octanol–water partition coefficient (Wildman–Crippen LogP) is 14.9. The molecule has 10 aromatic carbocycles. The number of fused-ring (bicyclic) bond motifs is 17. The van der Waals surface area contributed by atoms with Gasteiger partial charge in [-0.2, -0.15) is 0 Å². The molecule has 0 saturated heterocycles. The van der Waals surface area contributed by atoms with E-state index in [0.717, 1.165) is 44.8 Å². The van der Waals surface area contributed by atoms with Crippen LogP contribution < -0.4 is 0 Å². The molecule has 0 aliphatic heterocycles. The zero-order chi connectivity index (χ0) is 40.9. The van der Waals surface area contributed by atoms with Crippen molar-refractivity contribution in [2.75, 3.05) is 0 Å². The van der Waals surface area contributed by atoms with E-state index >= 15 is 0 Å². The number of benzene rings is 10. The highest BCUT2D eigenvalue weighted by Gasteiger charge is 2.25. The van der Waals surface area contributed by atoms with Crippen LogP contribution in [0, 0.1) is 0 Å². The van der Waals surface area contributed by atoms with Gasteiger partial charge >= 0.3 is 0 Å². The quantitative estimate of drug-likeness (QED) is 0.179. The molecule has 15 rings (SSSR count). The van der Waals surface area contributed by atoms with Gasteiger partial charge in [0.25, 0.3) is 0 Å². The Labute approximate surface area is 359 Å². The summed E-state index contributed by atoms with van der Waals surface area (Å²) >= 11 is 0. The van der Waals surface area contributed by atoms with Crippen LogP contribution in [0.15, 0.2) is 200 Å². The van der Waals surface area contributed by atoms with E-state index in [1.54, 1.807) is 0 Å². The second-order valence-electron chi connectivity index (χ2n) is 16.9. The molecule has 0 bridgehead atoms. The van der Waals surface area contributed by atoms with E-state index in [0.29, 0.717) is 0 Å². The first-order valence-electron chi connectivity index (χ1n) is 21.6. The van der Waals surface area contributed by atoms with Crippen molar-refractivity contribution in [2.24, 2.45) is 0 Å². The molecule has 0 unspecified atom stereocenters. The molecule has 0 spiro atoms. The molecule has 0 atom stereocenters. The molecule has 0 N–H and O–H groups in total. The number of para-hydroxylation sites is 5. The average molecular weight is 800 g/mol. The fraction of sp³-hybridized carbons (Fsp3) is 0. The first-order valence-corrected chi connectivity index (χ1v) is 21.6. The van der Waals surface area contributed by atoms with Gasteiger partial charge in [0.15, 0.2) is 5.82 Å². The van der Waals surface area contributed by atoms with Crippen molar-refractivity contribution < 1.29 is 0 Å². The third-order valence-corrected chi connectivity index (χ3v) is 13.7. The molecule has 5 aromatic heterocycles. The molecule has 0 radical (unpaired) electrons. The molecule has 5 nitrogen and oxygen atoms in total. The average Bonchev–Trinajstić information content (AvgIpc) is 4.07. The number of aromatic nitrogens is 5. The van der Waals surface area contributed by atoms with Gasteiger partial charge in [0.05, 0.1) is 49.7 Å². The summed E-state index contributed by atoms with van der Waals surface area (Å²) in [5.41, 5.74) is 13.0. The predicted molar refractivity (Wildman–Crippen MR) is 263 cm³/mol. The fourth-order valence-corrected chi connectivity index (χ4v) is 11.0. The van der Waals surface area contributed by atoms with Gasteiger partial charge in [-0.15, -0.1) is 0 Å². The lowest BCUT2D eigenvalue weighted by Crippen LogP contribution is -2.04. The highest BCUT2D eigenvalue weighted by molar-refractivity contribution is 6.34. The van der Waals surface area contributed by atoms with Gasteiger partial charge in [-0.05, 0) is 88.3 Å². The summed E-state index contributed by atoms with van der Waals surface area (Å²) in [6, 6.07) is 72.8. The van der Waals surface area contributed by atoms with Crippen molar-refractivity contribution in [1.82, 2.24) is 23.5 Å². The van der Waals surface area contributed by atoms with Gasteiger partial charge in [0.2, 0.25) is 0 Å². The summed E-state index contributed by atoms with van der Waals surface area (Å²) < 4.78 is 7.31. The van der Waals surface area contributed by atoms with Crippen LogP contribution >= 0.6 is 0 Å². The van der Waals surface area contributed by atoms with Gasteiger partial charge < -0.3 is 8.97 Å². The second-order valence-corrected chi connectivity index (χ2v) is 16.9. The maximum Gasteiger partial charge on any atom is 0.165 e. The topological polar surface area (TPSA) is 40.1 Å². The first-order chi connectivity index (χ1) is 31.3.